The van der Waals surface area contributed by atoms with Crippen LogP contribution in [0.3, 0.4) is 0 Å². The average Bonchev–Trinajstić information content (AvgIpc) is 3.11. The van der Waals surface area contributed by atoms with Crippen molar-refractivity contribution < 1.29 is 4.74 Å². The van der Waals surface area contributed by atoms with Gasteiger partial charge in [0.25, 0.3) is 5.56 Å². The number of nitrogens with zero attached hydrogens (tertiary/aromatic N) is 3. The van der Waals surface area contributed by atoms with Crippen LogP contribution in [0.1, 0.15) is 11.1 Å². The van der Waals surface area contributed by atoms with Gasteiger partial charge in [-0.2, -0.15) is 4.98 Å². The van der Waals surface area contributed by atoms with Crippen molar-refractivity contribution in [2.45, 2.75) is 13.3 Å². The van der Waals surface area contributed by atoms with Crippen molar-refractivity contribution in [3.05, 3.63) is 82.4 Å². The van der Waals surface area contributed by atoms with E-state index >= 15 is 0 Å². The van der Waals surface area contributed by atoms with E-state index in [0.29, 0.717) is 16.7 Å². The SMILES string of the molecule is Cc1ccc2c(c1)CCN2c1ccc(Oc2nc3cnccc3c(=O)[nH]2)cc1. The van der Waals surface area contributed by atoms with E-state index in [1.54, 1.807) is 18.5 Å². The highest BCUT2D eigenvalue weighted by Gasteiger charge is 2.20. The van der Waals surface area contributed by atoms with Crippen LogP contribution in [0.2, 0.25) is 0 Å². The predicted molar refractivity (Wildman–Crippen MR) is 109 cm³/mol. The van der Waals surface area contributed by atoms with Gasteiger partial charge in [-0.3, -0.25) is 14.8 Å². The highest BCUT2D eigenvalue weighted by Crippen LogP contribution is 2.35. The molecule has 0 fully saturated rings. The molecule has 0 radical (unpaired) electrons. The van der Waals surface area contributed by atoms with Gasteiger partial charge >= 0.3 is 6.01 Å². The fourth-order valence-electron chi connectivity index (χ4n) is 3.62. The number of pyridine rings is 1. The first kappa shape index (κ1) is 16.5. The zero-order valence-corrected chi connectivity index (χ0v) is 15.3. The normalized spacial score (nSPS) is 13.0. The molecule has 0 atom stereocenters. The summed E-state index contributed by atoms with van der Waals surface area (Å²) in [5.74, 6) is 0.610. The molecule has 0 unspecified atom stereocenters. The first-order valence-corrected chi connectivity index (χ1v) is 9.16. The summed E-state index contributed by atoms with van der Waals surface area (Å²) in [5.41, 5.74) is 5.29. The number of ether oxygens (including phenoxy) is 1. The van der Waals surface area contributed by atoms with Gasteiger partial charge in [-0.05, 0) is 55.3 Å². The maximum atomic E-state index is 12.1. The molecule has 1 aliphatic heterocycles. The summed E-state index contributed by atoms with van der Waals surface area (Å²) in [6, 6.07) is 16.2. The predicted octanol–water partition coefficient (Wildman–Crippen LogP) is 4.11. The molecular weight excluding hydrogens is 352 g/mol. The Morgan fingerprint density at radius 3 is 2.82 bits per heavy atom. The topological polar surface area (TPSA) is 71.1 Å². The number of aromatic amines is 1. The van der Waals surface area contributed by atoms with Crippen LogP contribution in [-0.2, 0) is 6.42 Å². The van der Waals surface area contributed by atoms with Crippen LogP contribution in [0.5, 0.6) is 11.8 Å². The highest BCUT2D eigenvalue weighted by atomic mass is 16.5. The second kappa shape index (κ2) is 6.49. The van der Waals surface area contributed by atoms with Crippen molar-refractivity contribution in [3.8, 4) is 11.8 Å². The van der Waals surface area contributed by atoms with Gasteiger partial charge in [-0.1, -0.05) is 17.7 Å². The van der Waals surface area contributed by atoms with Crippen LogP contribution in [-0.4, -0.2) is 21.5 Å². The monoisotopic (exact) mass is 370 g/mol. The van der Waals surface area contributed by atoms with Crippen LogP contribution in [0.15, 0.2) is 65.7 Å². The Balaban J connectivity index is 1.40. The Hall–Kier alpha value is -3.67. The van der Waals surface area contributed by atoms with Gasteiger partial charge in [-0.15, -0.1) is 0 Å². The molecule has 0 saturated heterocycles. The van der Waals surface area contributed by atoms with Crippen LogP contribution in [0.4, 0.5) is 11.4 Å². The molecule has 1 N–H and O–H groups in total. The molecule has 5 rings (SSSR count). The minimum atomic E-state index is -0.247. The molecule has 0 saturated carbocycles. The summed E-state index contributed by atoms with van der Waals surface area (Å²) in [6.07, 6.45) is 4.16. The Morgan fingerprint density at radius 2 is 1.96 bits per heavy atom. The molecule has 4 aromatic rings. The number of nitrogens with one attached hydrogen (secondary N) is 1. The van der Waals surface area contributed by atoms with Crippen molar-refractivity contribution in [1.29, 1.82) is 0 Å². The molecule has 6 heteroatoms. The fourth-order valence-corrected chi connectivity index (χ4v) is 3.62. The zero-order valence-electron chi connectivity index (χ0n) is 15.3. The molecule has 6 nitrogen and oxygen atoms in total. The molecule has 0 amide bonds. The van der Waals surface area contributed by atoms with Crippen molar-refractivity contribution >= 4 is 22.3 Å². The van der Waals surface area contributed by atoms with E-state index in [1.165, 1.54) is 16.8 Å². The maximum absolute atomic E-state index is 12.1. The Bertz CT molecular complexity index is 1230. The number of aryl methyl sites for hydroxylation is 1. The lowest BCUT2D eigenvalue weighted by molar-refractivity contribution is 0.443. The van der Waals surface area contributed by atoms with Crippen molar-refractivity contribution in [2.24, 2.45) is 0 Å². The molecule has 2 aromatic carbocycles. The number of anilines is 2. The second-order valence-electron chi connectivity index (χ2n) is 6.89. The third-order valence-electron chi connectivity index (χ3n) is 4.98. The first-order chi connectivity index (χ1) is 13.7. The Labute approximate surface area is 161 Å². The third kappa shape index (κ3) is 2.89. The fraction of sp³-hybridized carbons (Fsp3) is 0.136. The third-order valence-corrected chi connectivity index (χ3v) is 4.98. The lowest BCUT2D eigenvalue weighted by Gasteiger charge is -2.20. The van der Waals surface area contributed by atoms with E-state index in [-0.39, 0.29) is 11.6 Å². The quantitative estimate of drug-likeness (QED) is 0.588. The largest absolute Gasteiger partial charge is 0.426 e. The van der Waals surface area contributed by atoms with Crippen LogP contribution in [0, 0.1) is 6.92 Å². The number of benzene rings is 2. The maximum Gasteiger partial charge on any atom is 0.302 e. The average molecular weight is 370 g/mol. The van der Waals surface area contributed by atoms with Crippen molar-refractivity contribution in [2.75, 3.05) is 11.4 Å². The van der Waals surface area contributed by atoms with Crippen LogP contribution in [0.25, 0.3) is 10.9 Å². The van der Waals surface area contributed by atoms with E-state index in [9.17, 15) is 4.79 Å². The lowest BCUT2D eigenvalue weighted by atomic mass is 10.1. The van der Waals surface area contributed by atoms with E-state index in [4.69, 9.17) is 4.74 Å². The van der Waals surface area contributed by atoms with E-state index in [2.05, 4.69) is 45.0 Å². The molecular formula is C22H18N4O2. The summed E-state index contributed by atoms with van der Waals surface area (Å²) in [7, 11) is 0. The smallest absolute Gasteiger partial charge is 0.302 e. The second-order valence-corrected chi connectivity index (χ2v) is 6.89. The molecule has 0 spiro atoms. The van der Waals surface area contributed by atoms with Gasteiger partial charge in [0.05, 0.1) is 17.1 Å². The molecule has 138 valence electrons. The minimum absolute atomic E-state index is 0.153. The van der Waals surface area contributed by atoms with Gasteiger partial charge in [-0.25, -0.2) is 0 Å². The summed E-state index contributed by atoms with van der Waals surface area (Å²) in [5, 5.41) is 0.487. The highest BCUT2D eigenvalue weighted by molar-refractivity contribution is 5.76. The van der Waals surface area contributed by atoms with E-state index in [1.807, 2.05) is 24.3 Å². The lowest BCUT2D eigenvalue weighted by Crippen LogP contribution is -2.13. The number of H-pyrrole nitrogens is 1. The zero-order chi connectivity index (χ0) is 19.1. The van der Waals surface area contributed by atoms with E-state index < -0.39 is 0 Å². The molecule has 0 aliphatic carbocycles. The minimum Gasteiger partial charge on any atom is -0.426 e. The summed E-state index contributed by atoms with van der Waals surface area (Å²) in [6.45, 7) is 3.09. The van der Waals surface area contributed by atoms with Crippen LogP contribution >= 0.6 is 0 Å². The standard InChI is InChI=1S/C22H18N4O2/c1-14-2-7-20-15(12-14)9-11-26(20)16-3-5-17(6-4-16)28-22-24-19-13-23-10-8-18(19)21(27)25-22/h2-8,10,12-13H,9,11H2,1H3,(H,24,25,27). The number of aromatic nitrogens is 3. The van der Waals surface area contributed by atoms with Crippen molar-refractivity contribution in [3.63, 3.8) is 0 Å². The molecule has 28 heavy (non-hydrogen) atoms. The Kier molecular flexibility index (Phi) is 3.83. The summed E-state index contributed by atoms with van der Waals surface area (Å²) in [4.78, 5) is 25.4. The molecule has 2 aromatic heterocycles. The summed E-state index contributed by atoms with van der Waals surface area (Å²) < 4.78 is 5.76. The van der Waals surface area contributed by atoms with Gasteiger partial charge < -0.3 is 9.64 Å². The summed E-state index contributed by atoms with van der Waals surface area (Å²) >= 11 is 0. The molecule has 1 aliphatic rings. The van der Waals surface area contributed by atoms with Gasteiger partial charge in [0.1, 0.15) is 5.75 Å². The van der Waals surface area contributed by atoms with Gasteiger partial charge in [0.15, 0.2) is 0 Å². The number of hydrogen-bond acceptors (Lipinski definition) is 5. The molecule has 0 bridgehead atoms. The number of hydrogen-bond donors (Lipinski definition) is 1. The van der Waals surface area contributed by atoms with Crippen molar-refractivity contribution in [1.82, 2.24) is 15.0 Å². The van der Waals surface area contributed by atoms with E-state index in [0.717, 1.165) is 18.7 Å². The first-order valence-electron chi connectivity index (χ1n) is 9.16. The molecule has 3 heterocycles. The Morgan fingerprint density at radius 1 is 1.11 bits per heavy atom. The van der Waals surface area contributed by atoms with Crippen LogP contribution < -0.4 is 15.2 Å². The van der Waals surface area contributed by atoms with Gasteiger partial charge in [0, 0.05) is 24.1 Å². The number of rotatable bonds is 3. The number of fused-ring (bicyclic) bond motifs is 2. The van der Waals surface area contributed by atoms with Gasteiger partial charge in [0.2, 0.25) is 0 Å².